The summed E-state index contributed by atoms with van der Waals surface area (Å²) in [7, 11) is 1.27. The fourth-order valence-electron chi connectivity index (χ4n) is 1.34. The molecular formula is C10H8N4O2S. The molecule has 1 heterocycles. The lowest BCUT2D eigenvalue weighted by Gasteiger charge is -1.97. The Hall–Kier alpha value is -2.20. The maximum atomic E-state index is 11.0. The predicted octanol–water partition coefficient (Wildman–Crippen LogP) is 2.31. The van der Waals surface area contributed by atoms with E-state index in [-0.39, 0.29) is 5.95 Å². The number of nitrogens with one attached hydrogen (secondary N) is 2. The summed E-state index contributed by atoms with van der Waals surface area (Å²) < 4.78 is 4.46. The predicted molar refractivity (Wildman–Crippen MR) is 63.6 cm³/mol. The second-order valence-electron chi connectivity index (χ2n) is 3.05. The van der Waals surface area contributed by atoms with Crippen molar-refractivity contribution in [3.63, 3.8) is 0 Å². The Labute approximate surface area is 101 Å². The summed E-state index contributed by atoms with van der Waals surface area (Å²) in [5, 5.41) is 13.1. The van der Waals surface area contributed by atoms with Crippen molar-refractivity contribution in [2.45, 2.75) is 4.90 Å². The van der Waals surface area contributed by atoms with Crippen LogP contribution < -0.4 is 5.32 Å². The number of para-hydroxylation sites is 1. The molecule has 0 radical (unpaired) electrons. The Morgan fingerprint density at radius 2 is 2.47 bits per heavy atom. The molecule has 0 atom stereocenters. The summed E-state index contributed by atoms with van der Waals surface area (Å²) in [6.45, 7) is 0. The number of imidazole rings is 1. The number of carbonyl (C=O) groups excluding carboxylic acids is 1. The summed E-state index contributed by atoms with van der Waals surface area (Å²) in [4.78, 5) is 18.8. The largest absolute Gasteiger partial charge is 0.453 e. The van der Waals surface area contributed by atoms with Gasteiger partial charge in [0, 0.05) is 0 Å². The van der Waals surface area contributed by atoms with Crippen LogP contribution in [0, 0.1) is 10.7 Å². The van der Waals surface area contributed by atoms with Gasteiger partial charge in [-0.25, -0.2) is 9.78 Å². The molecule has 1 amide bonds. The standard InChI is InChI=1S/C10H8N4O2S/c1-16-10(15)14-9-12-6-3-2-4-7(17-5-11)8(6)13-9/h2-4H,1H3,(H2,12,13,14,15). The monoisotopic (exact) mass is 248 g/mol. The third-order valence-corrected chi connectivity index (χ3v) is 2.68. The molecular weight excluding hydrogens is 240 g/mol. The molecule has 1 aromatic heterocycles. The van der Waals surface area contributed by atoms with Crippen LogP contribution >= 0.6 is 11.8 Å². The van der Waals surface area contributed by atoms with Crippen molar-refractivity contribution in [2.75, 3.05) is 12.4 Å². The number of nitriles is 1. The van der Waals surface area contributed by atoms with Crippen LogP contribution in [0.4, 0.5) is 10.7 Å². The molecule has 1 aromatic carbocycles. The van der Waals surface area contributed by atoms with Crippen LogP contribution in [0.5, 0.6) is 0 Å². The average Bonchev–Trinajstić information content (AvgIpc) is 2.72. The number of nitrogens with zero attached hydrogens (tertiary/aromatic N) is 2. The first-order chi connectivity index (χ1) is 8.24. The zero-order chi connectivity index (χ0) is 12.3. The maximum Gasteiger partial charge on any atom is 0.413 e. The Bertz CT molecular complexity index is 602. The van der Waals surface area contributed by atoms with Crippen LogP contribution in [0.3, 0.4) is 0 Å². The molecule has 0 bridgehead atoms. The number of anilines is 1. The lowest BCUT2D eigenvalue weighted by atomic mass is 10.3. The zero-order valence-corrected chi connectivity index (χ0v) is 9.67. The first kappa shape index (κ1) is 11.3. The van der Waals surface area contributed by atoms with Gasteiger partial charge in [-0.05, 0) is 23.9 Å². The summed E-state index contributed by atoms with van der Waals surface area (Å²) in [6, 6.07) is 5.41. The van der Waals surface area contributed by atoms with E-state index in [9.17, 15) is 4.79 Å². The van der Waals surface area contributed by atoms with Gasteiger partial charge in [0.2, 0.25) is 5.95 Å². The van der Waals surface area contributed by atoms with E-state index < -0.39 is 6.09 Å². The van der Waals surface area contributed by atoms with Crippen molar-refractivity contribution < 1.29 is 9.53 Å². The lowest BCUT2D eigenvalue weighted by molar-refractivity contribution is 0.186. The molecule has 2 rings (SSSR count). The van der Waals surface area contributed by atoms with Crippen LogP contribution in [0.2, 0.25) is 0 Å². The fraction of sp³-hybridized carbons (Fsp3) is 0.100. The highest BCUT2D eigenvalue weighted by Crippen LogP contribution is 2.26. The Morgan fingerprint density at radius 1 is 1.65 bits per heavy atom. The summed E-state index contributed by atoms with van der Waals surface area (Å²) in [5.74, 6) is 0.290. The molecule has 86 valence electrons. The second kappa shape index (κ2) is 4.76. The molecule has 6 nitrogen and oxygen atoms in total. The minimum absolute atomic E-state index is 0.290. The highest BCUT2D eigenvalue weighted by molar-refractivity contribution is 8.04. The first-order valence-electron chi connectivity index (χ1n) is 4.64. The molecule has 0 aliphatic heterocycles. The number of thioether (sulfide) groups is 1. The first-order valence-corrected chi connectivity index (χ1v) is 5.46. The normalized spacial score (nSPS) is 9.88. The van der Waals surface area contributed by atoms with Gasteiger partial charge in [-0.3, -0.25) is 5.32 Å². The molecule has 0 fully saturated rings. The van der Waals surface area contributed by atoms with Gasteiger partial charge in [-0.15, -0.1) is 0 Å². The fourth-order valence-corrected chi connectivity index (χ4v) is 1.84. The number of H-pyrrole nitrogens is 1. The van der Waals surface area contributed by atoms with E-state index in [0.29, 0.717) is 5.52 Å². The topological polar surface area (TPSA) is 90.8 Å². The van der Waals surface area contributed by atoms with E-state index in [2.05, 4.69) is 20.0 Å². The van der Waals surface area contributed by atoms with Gasteiger partial charge >= 0.3 is 6.09 Å². The third-order valence-electron chi connectivity index (χ3n) is 2.04. The van der Waals surface area contributed by atoms with E-state index in [1.807, 2.05) is 17.5 Å². The van der Waals surface area contributed by atoms with Gasteiger partial charge in [-0.2, -0.15) is 5.26 Å². The summed E-state index contributed by atoms with van der Waals surface area (Å²) in [5.41, 5.74) is 1.39. The molecule has 0 aliphatic rings. The highest BCUT2D eigenvalue weighted by Gasteiger charge is 2.09. The zero-order valence-electron chi connectivity index (χ0n) is 8.85. The third kappa shape index (κ3) is 2.32. The number of methoxy groups -OCH3 is 1. The molecule has 17 heavy (non-hydrogen) atoms. The second-order valence-corrected chi connectivity index (χ2v) is 3.87. The SMILES string of the molecule is COC(=O)Nc1nc2c(SC#N)cccc2[nH]1. The average molecular weight is 248 g/mol. The van der Waals surface area contributed by atoms with Gasteiger partial charge in [0.25, 0.3) is 0 Å². The number of aromatic nitrogens is 2. The number of aromatic amines is 1. The minimum atomic E-state index is -0.599. The number of carbonyl (C=O) groups is 1. The summed E-state index contributed by atoms with van der Waals surface area (Å²) >= 11 is 1.02. The Balaban J connectivity index is 2.40. The van der Waals surface area contributed by atoms with Gasteiger partial charge in [-0.1, -0.05) is 6.07 Å². The number of fused-ring (bicyclic) bond motifs is 1. The van der Waals surface area contributed by atoms with Gasteiger partial charge in [0.1, 0.15) is 10.9 Å². The number of rotatable bonds is 2. The number of amides is 1. The van der Waals surface area contributed by atoms with Crippen molar-refractivity contribution in [2.24, 2.45) is 0 Å². The van der Waals surface area contributed by atoms with Crippen molar-refractivity contribution in [3.8, 4) is 5.40 Å². The smallest absolute Gasteiger partial charge is 0.413 e. The van der Waals surface area contributed by atoms with Crippen LogP contribution in [-0.2, 0) is 4.74 Å². The number of benzene rings is 1. The molecule has 0 aliphatic carbocycles. The van der Waals surface area contributed by atoms with Crippen molar-refractivity contribution >= 4 is 34.8 Å². The summed E-state index contributed by atoms with van der Waals surface area (Å²) in [6.07, 6.45) is -0.599. The lowest BCUT2D eigenvalue weighted by Crippen LogP contribution is -2.11. The molecule has 2 N–H and O–H groups in total. The van der Waals surface area contributed by atoms with Crippen LogP contribution in [0.15, 0.2) is 23.1 Å². The van der Waals surface area contributed by atoms with Crippen LogP contribution in [0.1, 0.15) is 0 Å². The number of thiocyanates is 1. The molecule has 0 saturated carbocycles. The van der Waals surface area contributed by atoms with Crippen molar-refractivity contribution in [1.29, 1.82) is 5.26 Å². The van der Waals surface area contributed by atoms with E-state index in [0.717, 1.165) is 22.2 Å². The minimum Gasteiger partial charge on any atom is -0.453 e. The Morgan fingerprint density at radius 3 is 3.18 bits per heavy atom. The molecule has 2 aromatic rings. The van der Waals surface area contributed by atoms with E-state index >= 15 is 0 Å². The number of ether oxygens (including phenoxy) is 1. The molecule has 0 spiro atoms. The van der Waals surface area contributed by atoms with E-state index in [1.54, 1.807) is 6.07 Å². The van der Waals surface area contributed by atoms with Crippen molar-refractivity contribution in [3.05, 3.63) is 18.2 Å². The van der Waals surface area contributed by atoms with Gasteiger partial charge in [0.05, 0.1) is 17.5 Å². The molecule has 7 heteroatoms. The van der Waals surface area contributed by atoms with Crippen molar-refractivity contribution in [1.82, 2.24) is 9.97 Å². The van der Waals surface area contributed by atoms with E-state index in [1.165, 1.54) is 7.11 Å². The van der Waals surface area contributed by atoms with Crippen LogP contribution in [0.25, 0.3) is 11.0 Å². The van der Waals surface area contributed by atoms with Gasteiger partial charge in [0.15, 0.2) is 0 Å². The molecule has 0 unspecified atom stereocenters. The maximum absolute atomic E-state index is 11.0. The number of hydrogen-bond acceptors (Lipinski definition) is 5. The number of hydrogen-bond donors (Lipinski definition) is 2. The van der Waals surface area contributed by atoms with E-state index in [4.69, 9.17) is 5.26 Å². The molecule has 0 saturated heterocycles. The Kier molecular flexibility index (Phi) is 3.16. The quantitative estimate of drug-likeness (QED) is 0.628. The van der Waals surface area contributed by atoms with Gasteiger partial charge < -0.3 is 9.72 Å². The van der Waals surface area contributed by atoms with Crippen LogP contribution in [-0.4, -0.2) is 23.2 Å². The highest BCUT2D eigenvalue weighted by atomic mass is 32.2.